The third-order valence-corrected chi connectivity index (χ3v) is 3.56. The van der Waals surface area contributed by atoms with Crippen LogP contribution < -0.4 is 0 Å². The van der Waals surface area contributed by atoms with E-state index in [0.717, 1.165) is 12.8 Å². The molecular formula is C13H16O2. The van der Waals surface area contributed by atoms with Crippen LogP contribution in [0.1, 0.15) is 31.7 Å². The van der Waals surface area contributed by atoms with E-state index >= 15 is 0 Å². The maximum absolute atomic E-state index is 10.7. The zero-order valence-corrected chi connectivity index (χ0v) is 8.94. The first-order valence-electron chi connectivity index (χ1n) is 5.42. The van der Waals surface area contributed by atoms with E-state index in [2.05, 4.69) is 12.1 Å². The van der Waals surface area contributed by atoms with Crippen LogP contribution in [0.5, 0.6) is 0 Å². The summed E-state index contributed by atoms with van der Waals surface area (Å²) in [5.74, 6) is -0.456. The molecular weight excluding hydrogens is 188 g/mol. The van der Waals surface area contributed by atoms with Crippen molar-refractivity contribution in [3.8, 4) is 0 Å². The summed E-state index contributed by atoms with van der Waals surface area (Å²) in [5.41, 5.74) is 1.46. The monoisotopic (exact) mass is 204 g/mol. The molecule has 15 heavy (non-hydrogen) atoms. The second-order valence-corrected chi connectivity index (χ2v) is 4.52. The molecule has 1 aromatic carbocycles. The molecule has 0 aromatic heterocycles. The second kappa shape index (κ2) is 3.69. The highest BCUT2D eigenvalue weighted by molar-refractivity contribution is 5.67. The van der Waals surface area contributed by atoms with E-state index in [1.165, 1.54) is 5.56 Å². The van der Waals surface area contributed by atoms with Crippen LogP contribution in [0.3, 0.4) is 0 Å². The van der Waals surface area contributed by atoms with Crippen LogP contribution in [0.15, 0.2) is 30.3 Å². The molecule has 2 nitrogen and oxygen atoms in total. The molecule has 1 saturated carbocycles. The molecule has 1 N–H and O–H groups in total. The van der Waals surface area contributed by atoms with Gasteiger partial charge in [-0.3, -0.25) is 4.79 Å². The minimum Gasteiger partial charge on any atom is -0.481 e. The molecule has 1 aliphatic carbocycles. The molecule has 2 heteroatoms. The van der Waals surface area contributed by atoms with Gasteiger partial charge in [0.15, 0.2) is 0 Å². The fraction of sp³-hybridized carbons (Fsp3) is 0.462. The van der Waals surface area contributed by atoms with Crippen molar-refractivity contribution in [2.45, 2.75) is 31.6 Å². The van der Waals surface area contributed by atoms with Crippen LogP contribution in [0.25, 0.3) is 0 Å². The van der Waals surface area contributed by atoms with E-state index in [4.69, 9.17) is 5.11 Å². The Bertz CT molecular complexity index is 352. The number of hydrogen-bond donors (Lipinski definition) is 1. The average Bonchev–Trinajstić information content (AvgIpc) is 2.99. The Morgan fingerprint density at radius 1 is 1.40 bits per heavy atom. The summed E-state index contributed by atoms with van der Waals surface area (Å²) < 4.78 is 0. The van der Waals surface area contributed by atoms with Gasteiger partial charge in [-0.1, -0.05) is 37.3 Å². The van der Waals surface area contributed by atoms with Gasteiger partial charge in [0.05, 0.1) is 0 Å². The fourth-order valence-electron chi connectivity index (χ4n) is 2.43. The Morgan fingerprint density at radius 2 is 2.00 bits per heavy atom. The summed E-state index contributed by atoms with van der Waals surface area (Å²) in [5, 5.41) is 8.82. The van der Waals surface area contributed by atoms with Crippen molar-refractivity contribution in [1.29, 1.82) is 0 Å². The highest BCUT2D eigenvalue weighted by atomic mass is 16.4. The number of benzene rings is 1. The van der Waals surface area contributed by atoms with E-state index in [1.54, 1.807) is 0 Å². The maximum atomic E-state index is 10.7. The van der Waals surface area contributed by atoms with E-state index in [-0.39, 0.29) is 17.8 Å². The third-order valence-electron chi connectivity index (χ3n) is 3.56. The molecule has 1 fully saturated rings. The predicted molar refractivity (Wildman–Crippen MR) is 58.8 cm³/mol. The first kappa shape index (κ1) is 10.2. The number of carbonyl (C=O) groups is 1. The molecule has 0 heterocycles. The molecule has 1 atom stereocenters. The van der Waals surface area contributed by atoms with Crippen molar-refractivity contribution in [2.24, 2.45) is 5.92 Å². The fourth-order valence-corrected chi connectivity index (χ4v) is 2.43. The minimum atomic E-state index is -0.690. The maximum Gasteiger partial charge on any atom is 0.303 e. The number of aliphatic carboxylic acids is 1. The average molecular weight is 204 g/mol. The SMILES string of the molecule is CC(CC(=O)O)C1(c2ccccc2)CC1. The van der Waals surface area contributed by atoms with Gasteiger partial charge < -0.3 is 5.11 Å². The summed E-state index contributed by atoms with van der Waals surface area (Å²) >= 11 is 0. The molecule has 0 radical (unpaired) electrons. The van der Waals surface area contributed by atoms with Gasteiger partial charge in [0.2, 0.25) is 0 Å². The van der Waals surface area contributed by atoms with Crippen molar-refractivity contribution in [3.05, 3.63) is 35.9 Å². The number of rotatable bonds is 4. The number of carboxylic acids is 1. The van der Waals surface area contributed by atoms with Gasteiger partial charge in [0, 0.05) is 6.42 Å². The molecule has 0 saturated heterocycles. The van der Waals surface area contributed by atoms with Crippen LogP contribution in [-0.2, 0) is 10.2 Å². The first-order valence-corrected chi connectivity index (χ1v) is 5.42. The van der Waals surface area contributed by atoms with Gasteiger partial charge in [-0.15, -0.1) is 0 Å². The van der Waals surface area contributed by atoms with Crippen molar-refractivity contribution >= 4 is 5.97 Å². The molecule has 80 valence electrons. The minimum absolute atomic E-state index is 0.152. The summed E-state index contributed by atoms with van der Waals surface area (Å²) in [6.07, 6.45) is 2.53. The van der Waals surface area contributed by atoms with Gasteiger partial charge in [0.25, 0.3) is 0 Å². The molecule has 1 unspecified atom stereocenters. The normalized spacial score (nSPS) is 19.5. The standard InChI is InChI=1S/C13H16O2/c1-10(9-12(14)15)13(7-8-13)11-5-3-2-4-6-11/h2-6,10H,7-9H2,1H3,(H,14,15). The summed E-state index contributed by atoms with van der Waals surface area (Å²) in [6.45, 7) is 2.05. The van der Waals surface area contributed by atoms with E-state index < -0.39 is 5.97 Å². The van der Waals surface area contributed by atoms with E-state index in [9.17, 15) is 4.79 Å². The van der Waals surface area contributed by atoms with Crippen LogP contribution in [0, 0.1) is 5.92 Å². The lowest BCUT2D eigenvalue weighted by atomic mass is 9.82. The Morgan fingerprint density at radius 3 is 2.47 bits per heavy atom. The lowest BCUT2D eigenvalue weighted by Crippen LogP contribution is -2.20. The summed E-state index contributed by atoms with van der Waals surface area (Å²) in [7, 11) is 0. The van der Waals surface area contributed by atoms with Crippen molar-refractivity contribution in [3.63, 3.8) is 0 Å². The van der Waals surface area contributed by atoms with Crippen molar-refractivity contribution in [1.82, 2.24) is 0 Å². The van der Waals surface area contributed by atoms with E-state index in [0.29, 0.717) is 0 Å². The lowest BCUT2D eigenvalue weighted by Gasteiger charge is -2.22. The van der Waals surface area contributed by atoms with Gasteiger partial charge in [-0.25, -0.2) is 0 Å². The highest BCUT2D eigenvalue weighted by Crippen LogP contribution is 2.54. The third kappa shape index (κ3) is 1.89. The van der Waals surface area contributed by atoms with Crippen LogP contribution in [0.2, 0.25) is 0 Å². The van der Waals surface area contributed by atoms with Crippen molar-refractivity contribution in [2.75, 3.05) is 0 Å². The van der Waals surface area contributed by atoms with Gasteiger partial charge in [0.1, 0.15) is 0 Å². The molecule has 1 aliphatic rings. The zero-order valence-electron chi connectivity index (χ0n) is 8.94. The van der Waals surface area contributed by atoms with E-state index in [1.807, 2.05) is 25.1 Å². The van der Waals surface area contributed by atoms with Gasteiger partial charge in [-0.05, 0) is 29.7 Å². The number of carboxylic acid groups (broad SMARTS) is 1. The Kier molecular flexibility index (Phi) is 2.51. The molecule has 0 spiro atoms. The Labute approximate surface area is 89.9 Å². The smallest absolute Gasteiger partial charge is 0.303 e. The topological polar surface area (TPSA) is 37.3 Å². The molecule has 0 amide bonds. The first-order chi connectivity index (χ1) is 7.15. The lowest BCUT2D eigenvalue weighted by molar-refractivity contribution is -0.138. The molecule has 0 bridgehead atoms. The van der Waals surface area contributed by atoms with Gasteiger partial charge >= 0.3 is 5.97 Å². The van der Waals surface area contributed by atoms with Crippen LogP contribution >= 0.6 is 0 Å². The predicted octanol–water partition coefficient (Wildman–Crippen LogP) is 2.83. The number of hydrogen-bond acceptors (Lipinski definition) is 1. The van der Waals surface area contributed by atoms with Crippen LogP contribution in [-0.4, -0.2) is 11.1 Å². The molecule has 0 aliphatic heterocycles. The summed E-state index contributed by atoms with van der Waals surface area (Å²) in [6, 6.07) is 10.3. The van der Waals surface area contributed by atoms with Crippen LogP contribution in [0.4, 0.5) is 0 Å². The Balaban J connectivity index is 2.17. The second-order valence-electron chi connectivity index (χ2n) is 4.52. The van der Waals surface area contributed by atoms with Gasteiger partial charge in [-0.2, -0.15) is 0 Å². The highest BCUT2D eigenvalue weighted by Gasteiger charge is 2.48. The quantitative estimate of drug-likeness (QED) is 0.818. The summed E-state index contributed by atoms with van der Waals surface area (Å²) in [4.78, 5) is 10.7. The molecule has 1 aromatic rings. The molecule has 2 rings (SSSR count). The largest absolute Gasteiger partial charge is 0.481 e. The zero-order chi connectivity index (χ0) is 10.9. The van der Waals surface area contributed by atoms with Crippen molar-refractivity contribution < 1.29 is 9.90 Å². The Hall–Kier alpha value is -1.31.